The van der Waals surface area contributed by atoms with E-state index in [1.165, 1.54) is 12.2 Å². The van der Waals surface area contributed by atoms with Gasteiger partial charge in [-0.1, -0.05) is 0 Å². The minimum atomic E-state index is -0.260. The predicted octanol–water partition coefficient (Wildman–Crippen LogP) is -0.0537. The minimum absolute atomic E-state index is 0.113. The third kappa shape index (κ3) is 1.71. The summed E-state index contributed by atoms with van der Waals surface area (Å²) < 4.78 is 4.93. The molecule has 0 saturated heterocycles. The van der Waals surface area contributed by atoms with Gasteiger partial charge in [0.1, 0.15) is 0 Å². The summed E-state index contributed by atoms with van der Waals surface area (Å²) in [7, 11) is 1.54. The molecule has 0 saturated carbocycles. The summed E-state index contributed by atoms with van der Waals surface area (Å²) in [5.74, 6) is -0.521. The molecule has 0 N–H and O–H groups in total. The zero-order valence-corrected chi connectivity index (χ0v) is 7.11. The molecule has 0 aromatic rings. The van der Waals surface area contributed by atoms with Crippen LogP contribution in [0.2, 0.25) is 0 Å². The Balaban J connectivity index is 2.53. The van der Waals surface area contributed by atoms with Crippen LogP contribution in [0.5, 0.6) is 0 Å². The molecule has 0 fully saturated rings. The van der Waals surface area contributed by atoms with Gasteiger partial charge in [-0.3, -0.25) is 14.5 Å². The highest BCUT2D eigenvalue weighted by molar-refractivity contribution is 6.12. The fourth-order valence-corrected chi connectivity index (χ4v) is 0.943. The van der Waals surface area contributed by atoms with Crippen molar-refractivity contribution in [3.8, 4) is 0 Å². The van der Waals surface area contributed by atoms with Gasteiger partial charge < -0.3 is 4.74 Å². The van der Waals surface area contributed by atoms with E-state index in [1.54, 1.807) is 14.0 Å². The average molecular weight is 169 g/mol. The Morgan fingerprint density at radius 1 is 1.42 bits per heavy atom. The molecule has 0 bridgehead atoms. The van der Waals surface area contributed by atoms with E-state index < -0.39 is 0 Å². The molecule has 66 valence electrons. The van der Waals surface area contributed by atoms with E-state index in [4.69, 9.17) is 4.74 Å². The Morgan fingerprint density at radius 3 is 2.33 bits per heavy atom. The molecule has 4 heteroatoms. The Hall–Kier alpha value is -1.16. The highest BCUT2D eigenvalue weighted by Crippen LogP contribution is 2.05. The molecule has 1 rings (SSSR count). The van der Waals surface area contributed by atoms with Crippen LogP contribution >= 0.6 is 0 Å². The number of amides is 2. The van der Waals surface area contributed by atoms with Crippen LogP contribution in [-0.2, 0) is 14.3 Å². The van der Waals surface area contributed by atoms with Gasteiger partial charge in [0.2, 0.25) is 0 Å². The van der Waals surface area contributed by atoms with Crippen LogP contribution in [-0.4, -0.2) is 36.5 Å². The molecule has 0 radical (unpaired) electrons. The standard InChI is InChI=1S/C8H11NO3/c1-6(12-2)5-9-7(10)3-4-8(9)11/h3-4,6H,5H2,1-2H3. The number of hydrogen-bond acceptors (Lipinski definition) is 3. The van der Waals surface area contributed by atoms with Gasteiger partial charge >= 0.3 is 0 Å². The zero-order chi connectivity index (χ0) is 9.14. The summed E-state index contributed by atoms with van der Waals surface area (Å²) >= 11 is 0. The number of carbonyl (C=O) groups is 2. The largest absolute Gasteiger partial charge is 0.380 e. The van der Waals surface area contributed by atoms with Gasteiger partial charge in [-0.05, 0) is 6.92 Å². The molecule has 1 heterocycles. The van der Waals surface area contributed by atoms with Crippen molar-refractivity contribution >= 4 is 11.8 Å². The normalized spacial score (nSPS) is 19.0. The van der Waals surface area contributed by atoms with Gasteiger partial charge in [0, 0.05) is 19.3 Å². The van der Waals surface area contributed by atoms with E-state index in [0.717, 1.165) is 4.90 Å². The monoisotopic (exact) mass is 169 g/mol. The lowest BCUT2D eigenvalue weighted by Gasteiger charge is -2.17. The van der Waals surface area contributed by atoms with E-state index in [0.29, 0.717) is 6.54 Å². The van der Waals surface area contributed by atoms with Crippen molar-refractivity contribution in [2.75, 3.05) is 13.7 Å². The Bertz CT molecular complexity index is 216. The SMILES string of the molecule is COC(C)CN1C(=O)C=CC1=O. The van der Waals surface area contributed by atoms with Crippen molar-refractivity contribution in [1.29, 1.82) is 0 Å². The molecule has 0 spiro atoms. The average Bonchev–Trinajstić information content (AvgIpc) is 2.35. The summed E-state index contributed by atoms with van der Waals surface area (Å²) in [6, 6.07) is 0. The summed E-state index contributed by atoms with van der Waals surface area (Å²) in [6.45, 7) is 2.13. The lowest BCUT2D eigenvalue weighted by atomic mass is 10.3. The summed E-state index contributed by atoms with van der Waals surface area (Å²) in [5.41, 5.74) is 0. The first-order valence-electron chi connectivity index (χ1n) is 3.71. The van der Waals surface area contributed by atoms with Gasteiger partial charge in [0.25, 0.3) is 11.8 Å². The van der Waals surface area contributed by atoms with Crippen molar-refractivity contribution in [3.63, 3.8) is 0 Å². The number of hydrogen-bond donors (Lipinski definition) is 0. The van der Waals surface area contributed by atoms with Gasteiger partial charge in [-0.25, -0.2) is 0 Å². The van der Waals surface area contributed by atoms with Crippen molar-refractivity contribution < 1.29 is 14.3 Å². The lowest BCUT2D eigenvalue weighted by molar-refractivity contribution is -0.138. The van der Waals surface area contributed by atoms with Crippen LogP contribution in [0, 0.1) is 0 Å². The van der Waals surface area contributed by atoms with Gasteiger partial charge in [0.05, 0.1) is 12.6 Å². The summed E-state index contributed by atoms with van der Waals surface area (Å²) in [5, 5.41) is 0. The fraction of sp³-hybridized carbons (Fsp3) is 0.500. The van der Waals surface area contributed by atoms with Crippen LogP contribution in [0.25, 0.3) is 0 Å². The second-order valence-corrected chi connectivity index (χ2v) is 2.67. The molecule has 2 amide bonds. The summed E-state index contributed by atoms with van der Waals surface area (Å²) in [6.07, 6.45) is 2.42. The van der Waals surface area contributed by atoms with Crippen molar-refractivity contribution in [3.05, 3.63) is 12.2 Å². The molecular formula is C8H11NO3. The fourth-order valence-electron chi connectivity index (χ4n) is 0.943. The van der Waals surface area contributed by atoms with E-state index in [1.807, 2.05) is 0 Å². The maximum atomic E-state index is 11.0. The Morgan fingerprint density at radius 2 is 1.92 bits per heavy atom. The first-order valence-corrected chi connectivity index (χ1v) is 3.71. The number of methoxy groups -OCH3 is 1. The van der Waals surface area contributed by atoms with Crippen LogP contribution < -0.4 is 0 Å². The predicted molar refractivity (Wildman–Crippen MR) is 42.3 cm³/mol. The van der Waals surface area contributed by atoms with E-state index in [2.05, 4.69) is 0 Å². The van der Waals surface area contributed by atoms with Crippen molar-refractivity contribution in [1.82, 2.24) is 4.90 Å². The molecule has 1 atom stereocenters. The second-order valence-electron chi connectivity index (χ2n) is 2.67. The molecule has 1 unspecified atom stereocenters. The highest BCUT2D eigenvalue weighted by Gasteiger charge is 2.24. The highest BCUT2D eigenvalue weighted by atomic mass is 16.5. The quantitative estimate of drug-likeness (QED) is 0.556. The van der Waals surface area contributed by atoms with Crippen molar-refractivity contribution in [2.45, 2.75) is 13.0 Å². The van der Waals surface area contributed by atoms with E-state index >= 15 is 0 Å². The number of rotatable bonds is 3. The van der Waals surface area contributed by atoms with Gasteiger partial charge in [0.15, 0.2) is 0 Å². The van der Waals surface area contributed by atoms with Crippen LogP contribution in [0.15, 0.2) is 12.2 Å². The molecule has 12 heavy (non-hydrogen) atoms. The number of carbonyl (C=O) groups excluding carboxylic acids is 2. The Kier molecular flexibility index (Phi) is 2.60. The van der Waals surface area contributed by atoms with Gasteiger partial charge in [-0.15, -0.1) is 0 Å². The molecule has 1 aliphatic heterocycles. The van der Waals surface area contributed by atoms with Crippen LogP contribution in [0.3, 0.4) is 0 Å². The maximum Gasteiger partial charge on any atom is 0.253 e. The van der Waals surface area contributed by atoms with Crippen LogP contribution in [0.4, 0.5) is 0 Å². The summed E-state index contributed by atoms with van der Waals surface area (Å²) in [4.78, 5) is 23.2. The third-order valence-corrected chi connectivity index (χ3v) is 1.74. The van der Waals surface area contributed by atoms with Crippen molar-refractivity contribution in [2.24, 2.45) is 0 Å². The first kappa shape index (κ1) is 8.93. The molecule has 4 nitrogen and oxygen atoms in total. The van der Waals surface area contributed by atoms with E-state index in [9.17, 15) is 9.59 Å². The molecule has 0 aromatic heterocycles. The molecule has 1 aliphatic rings. The number of nitrogens with zero attached hydrogens (tertiary/aromatic N) is 1. The Labute approximate surface area is 70.8 Å². The minimum Gasteiger partial charge on any atom is -0.380 e. The zero-order valence-electron chi connectivity index (χ0n) is 7.11. The maximum absolute atomic E-state index is 11.0. The van der Waals surface area contributed by atoms with E-state index in [-0.39, 0.29) is 17.9 Å². The molecule has 0 aliphatic carbocycles. The second kappa shape index (κ2) is 3.49. The third-order valence-electron chi connectivity index (χ3n) is 1.74. The van der Waals surface area contributed by atoms with Crippen LogP contribution in [0.1, 0.15) is 6.92 Å². The topological polar surface area (TPSA) is 46.6 Å². The number of ether oxygens (including phenoxy) is 1. The molecular weight excluding hydrogens is 158 g/mol. The van der Waals surface area contributed by atoms with Gasteiger partial charge in [-0.2, -0.15) is 0 Å². The number of imide groups is 1. The lowest BCUT2D eigenvalue weighted by Crippen LogP contribution is -2.36. The molecule has 0 aromatic carbocycles. The smallest absolute Gasteiger partial charge is 0.253 e. The first-order chi connectivity index (χ1) is 5.65.